The largest absolute Gasteiger partial charge is 0.497 e. The molecule has 1 atom stereocenters. The number of halogens is 4. The van der Waals surface area contributed by atoms with E-state index in [1.807, 2.05) is 0 Å². The highest BCUT2D eigenvalue weighted by molar-refractivity contribution is 6.30. The molecule has 1 aliphatic rings. The number of alkyl halides is 3. The Morgan fingerprint density at radius 1 is 1.21 bits per heavy atom. The Labute approximate surface area is 164 Å². The van der Waals surface area contributed by atoms with Crippen LogP contribution in [-0.4, -0.2) is 25.5 Å². The highest BCUT2D eigenvalue weighted by atomic mass is 35.5. The number of anilines is 2. The van der Waals surface area contributed by atoms with Crippen LogP contribution in [0.4, 0.5) is 24.5 Å². The van der Waals surface area contributed by atoms with Crippen LogP contribution < -0.4 is 15.0 Å². The second kappa shape index (κ2) is 7.71. The van der Waals surface area contributed by atoms with Crippen molar-refractivity contribution in [2.24, 2.45) is 5.92 Å². The first kappa shape index (κ1) is 20.0. The van der Waals surface area contributed by atoms with Crippen LogP contribution in [0.15, 0.2) is 42.5 Å². The minimum absolute atomic E-state index is 0.0753. The molecule has 28 heavy (non-hydrogen) atoms. The first-order chi connectivity index (χ1) is 13.2. The molecule has 1 saturated heterocycles. The van der Waals surface area contributed by atoms with E-state index >= 15 is 0 Å². The van der Waals surface area contributed by atoms with Crippen LogP contribution in [0.3, 0.4) is 0 Å². The smallest absolute Gasteiger partial charge is 0.418 e. The van der Waals surface area contributed by atoms with Gasteiger partial charge in [-0.15, -0.1) is 0 Å². The van der Waals surface area contributed by atoms with Gasteiger partial charge in [-0.3, -0.25) is 9.59 Å². The minimum Gasteiger partial charge on any atom is -0.497 e. The van der Waals surface area contributed by atoms with Crippen molar-refractivity contribution in [3.8, 4) is 5.75 Å². The Bertz CT molecular complexity index is 900. The maximum absolute atomic E-state index is 13.2. The molecule has 0 unspecified atom stereocenters. The van der Waals surface area contributed by atoms with Gasteiger partial charge in [0.25, 0.3) is 0 Å². The van der Waals surface area contributed by atoms with Crippen molar-refractivity contribution in [2.75, 3.05) is 23.9 Å². The number of ether oxygens (including phenoxy) is 1. The van der Waals surface area contributed by atoms with Crippen molar-refractivity contribution in [3.63, 3.8) is 0 Å². The topological polar surface area (TPSA) is 58.6 Å². The third-order valence-electron chi connectivity index (χ3n) is 4.42. The number of rotatable bonds is 4. The van der Waals surface area contributed by atoms with Crippen molar-refractivity contribution in [1.82, 2.24) is 0 Å². The summed E-state index contributed by atoms with van der Waals surface area (Å²) in [7, 11) is 1.52. The average molecular weight is 413 g/mol. The molecule has 0 aliphatic carbocycles. The van der Waals surface area contributed by atoms with Crippen LogP contribution in [0.1, 0.15) is 12.0 Å². The van der Waals surface area contributed by atoms with Crippen molar-refractivity contribution in [2.45, 2.75) is 12.6 Å². The van der Waals surface area contributed by atoms with Crippen LogP contribution in [-0.2, 0) is 15.8 Å². The van der Waals surface area contributed by atoms with E-state index in [2.05, 4.69) is 5.32 Å². The molecule has 1 heterocycles. The molecular weight excluding hydrogens is 397 g/mol. The molecule has 0 spiro atoms. The van der Waals surface area contributed by atoms with Crippen LogP contribution >= 0.6 is 11.6 Å². The maximum Gasteiger partial charge on any atom is 0.418 e. The SMILES string of the molecule is COc1ccc(N2C[C@H](C(=O)Nc3ccc(Cl)cc3C(F)(F)F)CC2=O)cc1. The summed E-state index contributed by atoms with van der Waals surface area (Å²) in [5, 5.41) is 2.19. The summed E-state index contributed by atoms with van der Waals surface area (Å²) in [5.74, 6) is -1.09. The number of methoxy groups -OCH3 is 1. The van der Waals surface area contributed by atoms with Crippen LogP contribution in [0.25, 0.3) is 0 Å². The number of carbonyl (C=O) groups is 2. The molecule has 1 fully saturated rings. The van der Waals surface area contributed by atoms with Crippen molar-refractivity contribution in [1.29, 1.82) is 0 Å². The van der Waals surface area contributed by atoms with Crippen LogP contribution in [0, 0.1) is 5.92 Å². The Morgan fingerprint density at radius 2 is 1.89 bits per heavy atom. The van der Waals surface area contributed by atoms with E-state index in [0.717, 1.165) is 12.1 Å². The van der Waals surface area contributed by atoms with Crippen LogP contribution in [0.5, 0.6) is 5.75 Å². The van der Waals surface area contributed by atoms with E-state index in [1.54, 1.807) is 24.3 Å². The van der Waals surface area contributed by atoms with Gasteiger partial charge in [-0.2, -0.15) is 13.2 Å². The number of hydrogen-bond donors (Lipinski definition) is 1. The van der Waals surface area contributed by atoms with Crippen molar-refractivity contribution < 1.29 is 27.5 Å². The van der Waals surface area contributed by atoms with Gasteiger partial charge >= 0.3 is 6.18 Å². The number of amides is 2. The Hall–Kier alpha value is -2.74. The van der Waals surface area contributed by atoms with E-state index in [0.29, 0.717) is 11.4 Å². The van der Waals surface area contributed by atoms with E-state index in [9.17, 15) is 22.8 Å². The molecule has 9 heteroatoms. The zero-order valence-corrected chi connectivity index (χ0v) is 15.5. The molecule has 0 aromatic heterocycles. The van der Waals surface area contributed by atoms with Gasteiger partial charge in [0, 0.05) is 23.7 Å². The third-order valence-corrected chi connectivity index (χ3v) is 4.66. The molecule has 3 rings (SSSR count). The fraction of sp³-hybridized carbons (Fsp3) is 0.263. The monoisotopic (exact) mass is 412 g/mol. The highest BCUT2D eigenvalue weighted by Crippen LogP contribution is 2.37. The standard InChI is InChI=1S/C19H16ClF3N2O3/c1-28-14-5-3-13(4-6-14)25-10-11(8-17(25)26)18(27)24-16-7-2-12(20)9-15(16)19(21,22)23/h2-7,9,11H,8,10H2,1H3,(H,24,27)/t11-/m1/s1. The summed E-state index contributed by atoms with van der Waals surface area (Å²) in [6, 6.07) is 9.83. The normalized spacial score (nSPS) is 17.0. The lowest BCUT2D eigenvalue weighted by Crippen LogP contribution is -2.28. The second-order valence-corrected chi connectivity index (χ2v) is 6.72. The fourth-order valence-corrected chi connectivity index (χ4v) is 3.16. The molecule has 1 N–H and O–H groups in total. The second-order valence-electron chi connectivity index (χ2n) is 6.28. The van der Waals surface area contributed by atoms with Gasteiger partial charge in [0.2, 0.25) is 11.8 Å². The van der Waals surface area contributed by atoms with Gasteiger partial charge in [-0.05, 0) is 42.5 Å². The van der Waals surface area contributed by atoms with Gasteiger partial charge in [-0.1, -0.05) is 11.6 Å². The first-order valence-electron chi connectivity index (χ1n) is 8.31. The molecule has 2 amide bonds. The number of carbonyl (C=O) groups excluding carboxylic acids is 2. The lowest BCUT2D eigenvalue weighted by Gasteiger charge is -2.18. The Morgan fingerprint density at radius 3 is 2.50 bits per heavy atom. The fourth-order valence-electron chi connectivity index (χ4n) is 2.99. The minimum atomic E-state index is -4.67. The van der Waals surface area contributed by atoms with Crippen molar-refractivity contribution in [3.05, 3.63) is 53.1 Å². The Balaban J connectivity index is 1.75. The molecule has 0 bridgehead atoms. The molecule has 148 valence electrons. The number of nitrogens with zero attached hydrogens (tertiary/aromatic N) is 1. The molecule has 0 saturated carbocycles. The average Bonchev–Trinajstić information content (AvgIpc) is 3.04. The van der Waals surface area contributed by atoms with E-state index in [4.69, 9.17) is 16.3 Å². The molecule has 1 aliphatic heterocycles. The van der Waals surface area contributed by atoms with Gasteiger partial charge in [0.1, 0.15) is 5.75 Å². The Kier molecular flexibility index (Phi) is 5.51. The van der Waals surface area contributed by atoms with E-state index in [-0.39, 0.29) is 23.9 Å². The summed E-state index contributed by atoms with van der Waals surface area (Å²) in [5.41, 5.74) is -0.842. The molecule has 2 aromatic carbocycles. The van der Waals surface area contributed by atoms with Crippen LogP contribution in [0.2, 0.25) is 5.02 Å². The van der Waals surface area contributed by atoms with Gasteiger partial charge in [0.05, 0.1) is 24.3 Å². The molecule has 5 nitrogen and oxygen atoms in total. The number of benzene rings is 2. The van der Waals surface area contributed by atoms with Crippen molar-refractivity contribution >= 4 is 34.8 Å². The van der Waals surface area contributed by atoms with Gasteiger partial charge in [-0.25, -0.2) is 0 Å². The third kappa shape index (κ3) is 4.22. The first-order valence-corrected chi connectivity index (χ1v) is 8.69. The van der Waals surface area contributed by atoms with E-state index in [1.165, 1.54) is 18.1 Å². The van der Waals surface area contributed by atoms with Gasteiger partial charge in [0.15, 0.2) is 0 Å². The number of nitrogens with one attached hydrogen (secondary N) is 1. The molecular formula is C19H16ClF3N2O3. The molecule has 0 radical (unpaired) electrons. The predicted molar refractivity (Wildman–Crippen MR) is 98.5 cm³/mol. The summed E-state index contributed by atoms with van der Waals surface area (Å²) < 4.78 is 44.6. The summed E-state index contributed by atoms with van der Waals surface area (Å²) >= 11 is 5.64. The number of hydrogen-bond acceptors (Lipinski definition) is 3. The lowest BCUT2D eigenvalue weighted by molar-refractivity contribution is -0.137. The quantitative estimate of drug-likeness (QED) is 0.811. The van der Waals surface area contributed by atoms with Gasteiger partial charge < -0.3 is 15.0 Å². The zero-order valence-electron chi connectivity index (χ0n) is 14.7. The predicted octanol–water partition coefficient (Wildman–Crippen LogP) is 4.36. The highest BCUT2D eigenvalue weighted by Gasteiger charge is 2.38. The summed E-state index contributed by atoms with van der Waals surface area (Å²) in [4.78, 5) is 26.2. The summed E-state index contributed by atoms with van der Waals surface area (Å²) in [6.07, 6.45) is -4.76. The lowest BCUT2D eigenvalue weighted by atomic mass is 10.1. The zero-order chi connectivity index (χ0) is 20.5. The summed E-state index contributed by atoms with van der Waals surface area (Å²) in [6.45, 7) is 0.0753. The molecule has 2 aromatic rings. The maximum atomic E-state index is 13.2. The van der Waals surface area contributed by atoms with E-state index < -0.39 is 29.3 Å².